The summed E-state index contributed by atoms with van der Waals surface area (Å²) < 4.78 is 11.6. The third kappa shape index (κ3) is 9.70. The van der Waals surface area contributed by atoms with E-state index in [-0.39, 0.29) is 15.9 Å². The lowest BCUT2D eigenvalue weighted by Crippen LogP contribution is -2.29. The summed E-state index contributed by atoms with van der Waals surface area (Å²) in [4.78, 5) is 25.3. The summed E-state index contributed by atoms with van der Waals surface area (Å²) in [6.07, 6.45) is 0. The maximum Gasteiger partial charge on any atom is 0.488 e. The van der Waals surface area contributed by atoms with E-state index in [2.05, 4.69) is 72.4 Å². The summed E-state index contributed by atoms with van der Waals surface area (Å²) in [7, 11) is -1.46. The highest BCUT2D eigenvalue weighted by atomic mass is 35.5. The number of rotatable bonds is 6. The third-order valence-corrected chi connectivity index (χ3v) is 11.5. The van der Waals surface area contributed by atoms with Crippen molar-refractivity contribution in [1.29, 1.82) is 0 Å². The van der Waals surface area contributed by atoms with Crippen LogP contribution in [0.25, 0.3) is 100 Å². The number of para-hydroxylation sites is 2. The molecule has 2 N–H and O–H groups in total. The molecule has 0 bridgehead atoms. The van der Waals surface area contributed by atoms with Crippen molar-refractivity contribution in [1.82, 2.24) is 29.9 Å². The van der Waals surface area contributed by atoms with Gasteiger partial charge in [-0.3, -0.25) is 0 Å². The average Bonchev–Trinajstić information content (AvgIpc) is 3.95. The fourth-order valence-electron chi connectivity index (χ4n) is 7.72. The number of aromatic nitrogens is 6. The van der Waals surface area contributed by atoms with Gasteiger partial charge in [0.1, 0.15) is 22.3 Å². The highest BCUT2D eigenvalue weighted by Crippen LogP contribution is 2.33. The van der Waals surface area contributed by atoms with Gasteiger partial charge in [-0.2, -0.15) is 24.9 Å². The van der Waals surface area contributed by atoms with Gasteiger partial charge in [0.25, 0.3) is 0 Å². The Labute approximate surface area is 404 Å². The average molecular weight is 948 g/mol. The predicted molar refractivity (Wildman–Crippen MR) is 273 cm³/mol. The molecule has 0 saturated heterocycles. The normalized spacial score (nSPS) is 11.0. The maximum atomic E-state index is 9.07. The monoisotopic (exact) mass is 946 g/mol. The molecule has 0 amide bonds. The molecule has 0 radical (unpaired) electrons. The molecule has 8 aromatic carbocycles. The van der Waals surface area contributed by atoms with Crippen LogP contribution in [0.5, 0.6) is 0 Å². The zero-order chi connectivity index (χ0) is 46.6. The van der Waals surface area contributed by atoms with Gasteiger partial charge in [-0.15, -0.1) is 0 Å². The number of hydrogen-bond acceptors (Lipinski definition) is 10. The van der Waals surface area contributed by atoms with E-state index < -0.39 is 7.12 Å². The van der Waals surface area contributed by atoms with Crippen molar-refractivity contribution in [2.75, 3.05) is 0 Å². The Hall–Kier alpha value is -7.77. The zero-order valence-corrected chi connectivity index (χ0v) is 37.8. The lowest BCUT2D eigenvalue weighted by atomic mass is 9.80. The number of halogens is 3. The highest BCUT2D eigenvalue weighted by Gasteiger charge is 2.15. The molecule has 4 heterocycles. The van der Waals surface area contributed by atoms with Gasteiger partial charge in [0, 0.05) is 38.2 Å². The van der Waals surface area contributed by atoms with E-state index in [4.69, 9.17) is 53.7 Å². The number of hydrogen-bond donors (Lipinski definition) is 2. The summed E-state index contributed by atoms with van der Waals surface area (Å²) in [5.74, 6) is 1.51. The van der Waals surface area contributed by atoms with Crippen molar-refractivity contribution in [2.45, 2.75) is 0 Å². The first-order valence-electron chi connectivity index (χ1n) is 21.2. The molecule has 0 spiro atoms. The van der Waals surface area contributed by atoms with E-state index in [1.165, 1.54) is 0 Å². The molecular formula is C54H34BCl3N6O4. The summed E-state index contributed by atoms with van der Waals surface area (Å²) in [5.41, 5.74) is 10.7. The third-order valence-electron chi connectivity index (χ3n) is 11.0. The van der Waals surface area contributed by atoms with Gasteiger partial charge >= 0.3 is 7.12 Å². The molecule has 0 aliphatic rings. The fraction of sp³-hybridized carbons (Fsp3) is 0. The van der Waals surface area contributed by atoms with Gasteiger partial charge in [-0.25, -0.2) is 4.98 Å². The summed E-state index contributed by atoms with van der Waals surface area (Å²) in [6.45, 7) is 0. The number of fused-ring (bicyclic) bond motifs is 6. The Bertz CT molecular complexity index is 3690. The van der Waals surface area contributed by atoms with Crippen LogP contribution in [-0.2, 0) is 0 Å². The van der Waals surface area contributed by atoms with E-state index in [0.717, 1.165) is 77.2 Å². The van der Waals surface area contributed by atoms with Crippen LogP contribution in [-0.4, -0.2) is 47.1 Å². The summed E-state index contributed by atoms with van der Waals surface area (Å²) >= 11 is 17.8. The van der Waals surface area contributed by atoms with Gasteiger partial charge in [-0.1, -0.05) is 164 Å². The Morgan fingerprint density at radius 3 is 1.16 bits per heavy atom. The first-order valence-corrected chi connectivity index (χ1v) is 22.4. The number of furan rings is 2. The molecule has 0 atom stereocenters. The minimum atomic E-state index is -1.46. The largest absolute Gasteiger partial charge is 0.488 e. The van der Waals surface area contributed by atoms with E-state index >= 15 is 0 Å². The standard InChI is InChI=1S/C27H16ClN3O.C15H9Cl2N3.C12H9BO3/c28-27-30-25(19-12-10-18(11-13-19)17-6-2-1-3-7-17)29-26(31-27)20-14-15-22-21-8-4-5-9-23(21)32-24(22)16-20;16-14-18-13(19-15(17)20-14)12-8-6-11(7-9-12)10-4-2-1-3-5-10;14-13(15)8-5-6-10-9-3-1-2-4-11(9)16-12(10)7-8/h1-16H;1-9H;1-7,14-15H. The highest BCUT2D eigenvalue weighted by molar-refractivity contribution is 6.59. The molecule has 4 aromatic heterocycles. The summed E-state index contributed by atoms with van der Waals surface area (Å²) in [6, 6.07) is 63.2. The molecular weight excluding hydrogens is 914 g/mol. The molecule has 68 heavy (non-hydrogen) atoms. The van der Waals surface area contributed by atoms with Crippen LogP contribution in [0.15, 0.2) is 203 Å². The minimum Gasteiger partial charge on any atom is -0.456 e. The Morgan fingerprint density at radius 1 is 0.309 bits per heavy atom. The Kier molecular flexibility index (Phi) is 12.7. The van der Waals surface area contributed by atoms with Gasteiger partial charge in [-0.05, 0) is 92.9 Å². The van der Waals surface area contributed by atoms with Crippen molar-refractivity contribution in [3.63, 3.8) is 0 Å². The van der Waals surface area contributed by atoms with E-state index in [9.17, 15) is 0 Å². The van der Waals surface area contributed by atoms with Crippen molar-refractivity contribution < 1.29 is 18.9 Å². The van der Waals surface area contributed by atoms with Crippen LogP contribution in [0.4, 0.5) is 0 Å². The van der Waals surface area contributed by atoms with E-state index in [0.29, 0.717) is 28.5 Å². The Balaban J connectivity index is 0.000000128. The van der Waals surface area contributed by atoms with Crippen molar-refractivity contribution in [3.05, 3.63) is 210 Å². The second-order valence-electron chi connectivity index (χ2n) is 15.4. The van der Waals surface area contributed by atoms with E-state index in [1.807, 2.05) is 140 Å². The van der Waals surface area contributed by atoms with Crippen LogP contribution < -0.4 is 5.46 Å². The molecule has 14 heteroatoms. The molecule has 10 nitrogen and oxygen atoms in total. The molecule has 12 aromatic rings. The summed E-state index contributed by atoms with van der Waals surface area (Å²) in [5, 5.41) is 22.6. The smallest absolute Gasteiger partial charge is 0.456 e. The quantitative estimate of drug-likeness (QED) is 0.155. The molecule has 328 valence electrons. The molecule has 0 aliphatic heterocycles. The second-order valence-corrected chi connectivity index (χ2v) is 16.4. The Morgan fingerprint density at radius 2 is 0.662 bits per heavy atom. The van der Waals surface area contributed by atoms with Crippen molar-refractivity contribution in [3.8, 4) is 56.4 Å². The van der Waals surface area contributed by atoms with Gasteiger partial charge < -0.3 is 18.9 Å². The molecule has 0 saturated carbocycles. The second kappa shape index (κ2) is 19.6. The zero-order valence-electron chi connectivity index (χ0n) is 35.6. The maximum absolute atomic E-state index is 9.07. The van der Waals surface area contributed by atoms with Crippen LogP contribution >= 0.6 is 34.8 Å². The van der Waals surface area contributed by atoms with Crippen LogP contribution in [0, 0.1) is 0 Å². The SMILES string of the molecule is Clc1nc(-c2ccc(-c3ccccc3)cc2)nc(-c2ccc3c(c2)oc2ccccc23)n1.Clc1nc(Cl)nc(-c2ccc(-c3ccccc3)cc2)n1.OB(O)c1ccc2c(c1)oc1ccccc12. The molecule has 12 rings (SSSR count). The topological polar surface area (TPSA) is 144 Å². The first-order chi connectivity index (χ1) is 33.2. The van der Waals surface area contributed by atoms with Crippen LogP contribution in [0.1, 0.15) is 0 Å². The lowest BCUT2D eigenvalue weighted by molar-refractivity contribution is 0.425. The molecule has 0 aliphatic carbocycles. The van der Waals surface area contributed by atoms with Crippen LogP contribution in [0.3, 0.4) is 0 Å². The van der Waals surface area contributed by atoms with Crippen LogP contribution in [0.2, 0.25) is 15.9 Å². The first kappa shape index (κ1) is 44.1. The van der Waals surface area contributed by atoms with Crippen molar-refractivity contribution in [2.24, 2.45) is 0 Å². The van der Waals surface area contributed by atoms with E-state index in [1.54, 1.807) is 12.1 Å². The van der Waals surface area contributed by atoms with Gasteiger partial charge in [0.05, 0.1) is 0 Å². The van der Waals surface area contributed by atoms with Crippen molar-refractivity contribution >= 4 is 91.3 Å². The number of nitrogens with zero attached hydrogens (tertiary/aromatic N) is 6. The van der Waals surface area contributed by atoms with Gasteiger partial charge in [0.15, 0.2) is 17.5 Å². The molecule has 0 unspecified atom stereocenters. The predicted octanol–water partition coefficient (Wildman–Crippen LogP) is 13.2. The molecule has 0 fully saturated rings. The van der Waals surface area contributed by atoms with Gasteiger partial charge in [0.2, 0.25) is 15.9 Å². The lowest BCUT2D eigenvalue weighted by Gasteiger charge is -2.06. The fourth-order valence-corrected chi connectivity index (χ4v) is 8.24. The minimum absolute atomic E-state index is 0.0899. The number of benzene rings is 8.